The lowest BCUT2D eigenvalue weighted by Gasteiger charge is -2.35. The van der Waals surface area contributed by atoms with E-state index in [9.17, 15) is 4.79 Å². The van der Waals surface area contributed by atoms with Gasteiger partial charge in [-0.2, -0.15) is 0 Å². The smallest absolute Gasteiger partial charge is 0.410 e. The molecule has 8 heteroatoms. The van der Waals surface area contributed by atoms with Gasteiger partial charge in [0.2, 0.25) is 0 Å². The normalized spacial score (nSPS) is 25.0. The Morgan fingerprint density at radius 2 is 1.77 bits per heavy atom. The molecule has 172 valence electrons. The van der Waals surface area contributed by atoms with E-state index in [4.69, 9.17) is 4.74 Å². The molecule has 0 spiro atoms. The van der Waals surface area contributed by atoms with Gasteiger partial charge >= 0.3 is 6.09 Å². The number of aliphatic imine (C=N–C) groups is 1. The molecule has 0 aromatic rings. The van der Waals surface area contributed by atoms with Crippen molar-refractivity contribution in [2.24, 2.45) is 4.99 Å². The molecule has 1 unspecified atom stereocenters. The molecule has 2 saturated heterocycles. The van der Waals surface area contributed by atoms with Gasteiger partial charge in [0.25, 0.3) is 0 Å². The van der Waals surface area contributed by atoms with Gasteiger partial charge in [0.1, 0.15) is 5.60 Å². The van der Waals surface area contributed by atoms with Gasteiger partial charge in [-0.1, -0.05) is 12.8 Å². The number of likely N-dealkylation sites (tertiary alicyclic amines) is 1. The fraction of sp³-hybridized carbons (Fsp3) is 0.909. The maximum Gasteiger partial charge on any atom is 0.410 e. The van der Waals surface area contributed by atoms with E-state index in [1.165, 1.54) is 38.6 Å². The molecule has 0 bridgehead atoms. The monoisotopic (exact) mass is 422 g/mol. The van der Waals surface area contributed by atoms with Crippen molar-refractivity contribution in [3.8, 4) is 0 Å². The highest BCUT2D eigenvalue weighted by atomic mass is 16.6. The fourth-order valence-electron chi connectivity index (χ4n) is 4.71. The fourth-order valence-corrected chi connectivity index (χ4v) is 4.71. The Hall–Kier alpha value is -1.54. The van der Waals surface area contributed by atoms with Gasteiger partial charge in [0.15, 0.2) is 5.96 Å². The molecule has 1 amide bonds. The second kappa shape index (κ2) is 10.7. The molecule has 1 atom stereocenters. The predicted molar refractivity (Wildman–Crippen MR) is 121 cm³/mol. The lowest BCUT2D eigenvalue weighted by Crippen LogP contribution is -2.52. The summed E-state index contributed by atoms with van der Waals surface area (Å²) < 4.78 is 5.47. The topological polar surface area (TPSA) is 72.4 Å². The summed E-state index contributed by atoms with van der Waals surface area (Å²) in [6.45, 7) is 13.1. The minimum Gasteiger partial charge on any atom is -0.444 e. The lowest BCUT2D eigenvalue weighted by molar-refractivity contribution is 0.0147. The van der Waals surface area contributed by atoms with E-state index in [1.807, 2.05) is 32.7 Å². The summed E-state index contributed by atoms with van der Waals surface area (Å²) in [5.74, 6) is 0.903. The number of carbonyl (C=O) groups is 1. The molecule has 3 fully saturated rings. The van der Waals surface area contributed by atoms with Crippen molar-refractivity contribution in [3.05, 3.63) is 0 Å². The molecule has 1 saturated carbocycles. The van der Waals surface area contributed by atoms with Crippen molar-refractivity contribution in [3.63, 3.8) is 0 Å². The summed E-state index contributed by atoms with van der Waals surface area (Å²) in [7, 11) is 1.85. The quantitative estimate of drug-likeness (QED) is 0.519. The van der Waals surface area contributed by atoms with Crippen molar-refractivity contribution >= 4 is 12.1 Å². The van der Waals surface area contributed by atoms with Crippen LogP contribution in [0.3, 0.4) is 0 Å². The molecule has 2 aliphatic heterocycles. The molecular weight excluding hydrogens is 380 g/mol. The van der Waals surface area contributed by atoms with E-state index >= 15 is 0 Å². The van der Waals surface area contributed by atoms with Gasteiger partial charge < -0.3 is 20.3 Å². The SMILES string of the molecule is CN=C(NCCN1CCN(C(=O)OC(C)(C)C)CC1)NC1CCN(C2CCCC2)C1. The summed E-state index contributed by atoms with van der Waals surface area (Å²) in [5, 5.41) is 7.08. The molecule has 2 heterocycles. The molecule has 3 rings (SSSR count). The zero-order valence-electron chi connectivity index (χ0n) is 19.5. The first kappa shape index (κ1) is 23.1. The highest BCUT2D eigenvalue weighted by Crippen LogP contribution is 2.26. The van der Waals surface area contributed by atoms with E-state index in [0.29, 0.717) is 6.04 Å². The molecule has 2 N–H and O–H groups in total. The average Bonchev–Trinajstić information content (AvgIpc) is 3.38. The van der Waals surface area contributed by atoms with Crippen molar-refractivity contribution < 1.29 is 9.53 Å². The number of nitrogens with zero attached hydrogens (tertiary/aromatic N) is 4. The van der Waals surface area contributed by atoms with Crippen LogP contribution in [-0.4, -0.2) is 104 Å². The van der Waals surface area contributed by atoms with Crippen LogP contribution in [0.25, 0.3) is 0 Å². The van der Waals surface area contributed by atoms with Gasteiger partial charge in [-0.3, -0.25) is 14.8 Å². The third kappa shape index (κ3) is 7.01. The number of ether oxygens (including phenoxy) is 1. The Morgan fingerprint density at radius 1 is 1.07 bits per heavy atom. The van der Waals surface area contributed by atoms with Crippen LogP contribution in [0.2, 0.25) is 0 Å². The van der Waals surface area contributed by atoms with Crippen molar-refractivity contribution in [2.45, 2.75) is 70.6 Å². The zero-order chi connectivity index (χ0) is 21.6. The van der Waals surface area contributed by atoms with Crippen LogP contribution in [0.1, 0.15) is 52.9 Å². The van der Waals surface area contributed by atoms with Crippen LogP contribution in [0.15, 0.2) is 4.99 Å². The molecular formula is C22H42N6O2. The Morgan fingerprint density at radius 3 is 2.40 bits per heavy atom. The summed E-state index contributed by atoms with van der Waals surface area (Å²) in [6.07, 6.45) is 6.54. The van der Waals surface area contributed by atoms with Gasteiger partial charge in [0.05, 0.1) is 0 Å². The first-order valence-electron chi connectivity index (χ1n) is 11.8. The van der Waals surface area contributed by atoms with Gasteiger partial charge in [0, 0.05) is 71.5 Å². The largest absolute Gasteiger partial charge is 0.444 e. The number of hydrogen-bond acceptors (Lipinski definition) is 5. The van der Waals surface area contributed by atoms with Gasteiger partial charge in [-0.15, -0.1) is 0 Å². The third-order valence-electron chi connectivity index (χ3n) is 6.37. The predicted octanol–water partition coefficient (Wildman–Crippen LogP) is 1.72. The summed E-state index contributed by atoms with van der Waals surface area (Å²) in [4.78, 5) is 23.5. The molecule has 0 aromatic heterocycles. The van der Waals surface area contributed by atoms with Crippen LogP contribution in [0.5, 0.6) is 0 Å². The van der Waals surface area contributed by atoms with Crippen LogP contribution in [-0.2, 0) is 4.74 Å². The van der Waals surface area contributed by atoms with E-state index in [0.717, 1.165) is 57.8 Å². The molecule has 8 nitrogen and oxygen atoms in total. The number of carbonyl (C=O) groups excluding carboxylic acids is 1. The molecule has 1 aliphatic carbocycles. The first-order chi connectivity index (χ1) is 14.3. The number of piperazine rings is 1. The number of nitrogens with one attached hydrogen (secondary N) is 2. The first-order valence-corrected chi connectivity index (χ1v) is 11.8. The highest BCUT2D eigenvalue weighted by molar-refractivity contribution is 5.80. The van der Waals surface area contributed by atoms with Gasteiger partial charge in [-0.25, -0.2) is 4.79 Å². The molecule has 0 radical (unpaired) electrons. The lowest BCUT2D eigenvalue weighted by atomic mass is 10.2. The average molecular weight is 423 g/mol. The minimum absolute atomic E-state index is 0.201. The third-order valence-corrected chi connectivity index (χ3v) is 6.37. The Kier molecular flexibility index (Phi) is 8.22. The Labute approximate surface area is 182 Å². The number of amides is 1. The van der Waals surface area contributed by atoms with Crippen LogP contribution in [0.4, 0.5) is 4.79 Å². The van der Waals surface area contributed by atoms with E-state index in [1.54, 1.807) is 0 Å². The van der Waals surface area contributed by atoms with Crippen molar-refractivity contribution in [1.82, 2.24) is 25.3 Å². The van der Waals surface area contributed by atoms with Crippen LogP contribution >= 0.6 is 0 Å². The summed E-state index contributed by atoms with van der Waals surface area (Å²) in [6, 6.07) is 1.31. The zero-order valence-corrected chi connectivity index (χ0v) is 19.5. The van der Waals surface area contributed by atoms with E-state index in [-0.39, 0.29) is 6.09 Å². The van der Waals surface area contributed by atoms with Crippen LogP contribution in [0, 0.1) is 0 Å². The van der Waals surface area contributed by atoms with E-state index in [2.05, 4.69) is 25.4 Å². The van der Waals surface area contributed by atoms with Gasteiger partial charge in [-0.05, 0) is 40.0 Å². The second-order valence-electron chi connectivity index (χ2n) is 9.87. The molecule has 3 aliphatic rings. The minimum atomic E-state index is -0.436. The number of rotatable bonds is 5. The van der Waals surface area contributed by atoms with E-state index < -0.39 is 5.60 Å². The maximum absolute atomic E-state index is 12.2. The Balaban J connectivity index is 1.30. The summed E-state index contributed by atoms with van der Waals surface area (Å²) in [5.41, 5.74) is -0.436. The van der Waals surface area contributed by atoms with Crippen LogP contribution < -0.4 is 10.6 Å². The molecule has 30 heavy (non-hydrogen) atoms. The highest BCUT2D eigenvalue weighted by Gasteiger charge is 2.30. The molecule has 0 aromatic carbocycles. The van der Waals surface area contributed by atoms with Crippen molar-refractivity contribution in [1.29, 1.82) is 0 Å². The standard InChI is InChI=1S/C22H42N6O2/c1-22(2,3)30-21(29)27-15-13-26(14-16-27)12-10-24-20(23-4)25-18-9-11-28(17-18)19-7-5-6-8-19/h18-19H,5-17H2,1-4H3,(H2,23,24,25). The maximum atomic E-state index is 12.2. The Bertz CT molecular complexity index is 577. The summed E-state index contributed by atoms with van der Waals surface area (Å²) >= 11 is 0. The number of hydrogen-bond donors (Lipinski definition) is 2. The number of guanidine groups is 1. The second-order valence-corrected chi connectivity index (χ2v) is 9.87. The van der Waals surface area contributed by atoms with Crippen molar-refractivity contribution in [2.75, 3.05) is 59.4 Å².